The van der Waals surface area contributed by atoms with Gasteiger partial charge in [-0.25, -0.2) is 4.79 Å². The molecule has 37 heavy (non-hydrogen) atoms. The molecule has 0 bridgehead atoms. The lowest BCUT2D eigenvalue weighted by Crippen LogP contribution is -2.66. The van der Waals surface area contributed by atoms with E-state index in [2.05, 4.69) is 16.1 Å². The van der Waals surface area contributed by atoms with E-state index < -0.39 is 82.4 Å². The number of halogens is 10. The number of carbonyl (C=O) groups excluding carboxylic acids is 1. The maximum absolute atomic E-state index is 13.4. The first kappa shape index (κ1) is 35.3. The molecular formula is C19H26F10O7S. The molecule has 0 radical (unpaired) electrons. The van der Waals surface area contributed by atoms with E-state index in [-0.39, 0.29) is 12.8 Å². The van der Waals surface area contributed by atoms with Gasteiger partial charge in [-0.05, 0) is 12.3 Å². The largest absolute Gasteiger partial charge is 0.455 e. The van der Waals surface area contributed by atoms with Crippen LogP contribution in [0.4, 0.5) is 43.9 Å². The SMILES string of the molecule is C=C(COCCC(F)(F)C(F)(F)S(=O)(=O)O)C(=O)OC(C(C)CCCCC)C(O)(C(F)(F)F)C(F)(F)F. The second-order valence-corrected chi connectivity index (χ2v) is 9.63. The van der Waals surface area contributed by atoms with E-state index in [0.29, 0.717) is 12.8 Å². The molecule has 0 heterocycles. The Morgan fingerprint density at radius 1 is 0.973 bits per heavy atom. The van der Waals surface area contributed by atoms with Gasteiger partial charge in [0.2, 0.25) is 0 Å². The van der Waals surface area contributed by atoms with E-state index in [4.69, 9.17) is 4.55 Å². The molecule has 0 aromatic heterocycles. The molecule has 0 fully saturated rings. The molecule has 0 rings (SSSR count). The first-order valence-electron chi connectivity index (χ1n) is 10.4. The number of aliphatic hydroxyl groups is 1. The van der Waals surface area contributed by atoms with Crippen LogP contribution in [0.2, 0.25) is 0 Å². The van der Waals surface area contributed by atoms with Crippen molar-refractivity contribution in [3.05, 3.63) is 12.2 Å². The summed E-state index contributed by atoms with van der Waals surface area (Å²) in [6, 6.07) is 0. The number of hydrogen-bond donors (Lipinski definition) is 2. The van der Waals surface area contributed by atoms with Crippen molar-refractivity contribution in [2.75, 3.05) is 13.2 Å². The lowest BCUT2D eigenvalue weighted by Gasteiger charge is -2.40. The lowest BCUT2D eigenvalue weighted by atomic mass is 9.83. The number of alkyl halides is 10. The van der Waals surface area contributed by atoms with Gasteiger partial charge in [-0.3, -0.25) is 4.55 Å². The first-order valence-corrected chi connectivity index (χ1v) is 11.9. The fraction of sp³-hybridized carbons (Fsp3) is 0.842. The zero-order valence-electron chi connectivity index (χ0n) is 19.4. The molecule has 2 atom stereocenters. The van der Waals surface area contributed by atoms with Gasteiger partial charge in [0.15, 0.2) is 6.10 Å². The Bertz CT molecular complexity index is 871. The molecule has 0 aliphatic carbocycles. The molecule has 0 aliphatic rings. The van der Waals surface area contributed by atoms with Crippen LogP contribution in [0.15, 0.2) is 12.2 Å². The highest BCUT2D eigenvalue weighted by molar-refractivity contribution is 7.87. The molecular weight excluding hydrogens is 562 g/mol. The normalized spacial score (nSPS) is 15.8. The van der Waals surface area contributed by atoms with E-state index >= 15 is 0 Å². The highest BCUT2D eigenvalue weighted by atomic mass is 32.2. The molecule has 0 saturated carbocycles. The minimum absolute atomic E-state index is 0.115. The van der Waals surface area contributed by atoms with Gasteiger partial charge in [0.1, 0.15) is 0 Å². The molecule has 0 aromatic rings. The Morgan fingerprint density at radius 2 is 1.46 bits per heavy atom. The third-order valence-corrected chi connectivity index (χ3v) is 6.11. The molecule has 0 amide bonds. The van der Waals surface area contributed by atoms with Gasteiger partial charge in [-0.2, -0.15) is 52.3 Å². The van der Waals surface area contributed by atoms with Gasteiger partial charge in [-0.1, -0.05) is 39.7 Å². The van der Waals surface area contributed by atoms with Crippen molar-refractivity contribution in [1.82, 2.24) is 0 Å². The van der Waals surface area contributed by atoms with Gasteiger partial charge in [0, 0.05) is 6.42 Å². The third-order valence-electron chi connectivity index (χ3n) is 5.17. The minimum atomic E-state index is -6.53. The smallest absolute Gasteiger partial charge is 0.431 e. The van der Waals surface area contributed by atoms with Crippen molar-refractivity contribution in [1.29, 1.82) is 0 Å². The van der Waals surface area contributed by atoms with Crippen molar-refractivity contribution >= 4 is 16.1 Å². The maximum atomic E-state index is 13.4. The number of esters is 1. The molecule has 2 N–H and O–H groups in total. The summed E-state index contributed by atoms with van der Waals surface area (Å²) in [5.41, 5.74) is -6.53. The van der Waals surface area contributed by atoms with E-state index in [1.807, 2.05) is 0 Å². The monoisotopic (exact) mass is 588 g/mol. The van der Waals surface area contributed by atoms with E-state index in [1.54, 1.807) is 6.92 Å². The van der Waals surface area contributed by atoms with Gasteiger partial charge >= 0.3 is 39.6 Å². The van der Waals surface area contributed by atoms with Crippen LogP contribution in [0, 0.1) is 5.92 Å². The van der Waals surface area contributed by atoms with Gasteiger partial charge < -0.3 is 14.6 Å². The van der Waals surface area contributed by atoms with Crippen LogP contribution in [-0.4, -0.2) is 72.5 Å². The number of ether oxygens (including phenoxy) is 2. The van der Waals surface area contributed by atoms with Crippen molar-refractivity contribution < 1.29 is 76.2 Å². The molecule has 18 heteroatoms. The fourth-order valence-electron chi connectivity index (χ4n) is 2.95. The summed E-state index contributed by atoms with van der Waals surface area (Å²) in [5, 5.41) is 3.82. The van der Waals surface area contributed by atoms with Crippen molar-refractivity contribution in [2.24, 2.45) is 5.92 Å². The number of hydrogen-bond acceptors (Lipinski definition) is 6. The Labute approximate surface area is 205 Å². The summed E-state index contributed by atoms with van der Waals surface area (Å²) >= 11 is 0. The van der Waals surface area contributed by atoms with Crippen LogP contribution in [0.3, 0.4) is 0 Å². The van der Waals surface area contributed by atoms with E-state index in [0.717, 1.165) is 6.92 Å². The van der Waals surface area contributed by atoms with Crippen molar-refractivity contribution in [3.63, 3.8) is 0 Å². The first-order chi connectivity index (χ1) is 16.4. The standard InChI is InChI=1S/C19H26F10O7S/c1-4-5-6-7-11(2)13(16(31,17(22,23)24)18(25,26)27)36-14(30)12(3)10-35-9-8-15(20,21)19(28,29)37(32,33)34/h11,13,31H,3-10H2,1-2H3,(H,32,33,34). The Hall–Kier alpha value is -1.66. The summed E-state index contributed by atoms with van der Waals surface area (Å²) in [7, 11) is -6.53. The van der Waals surface area contributed by atoms with Crippen LogP contribution in [0.1, 0.15) is 46.0 Å². The second-order valence-electron chi connectivity index (χ2n) is 8.16. The second kappa shape index (κ2) is 12.5. The topological polar surface area (TPSA) is 110 Å². The lowest BCUT2D eigenvalue weighted by molar-refractivity contribution is -0.395. The summed E-state index contributed by atoms with van der Waals surface area (Å²) in [6.07, 6.45) is -17.3. The van der Waals surface area contributed by atoms with Gasteiger partial charge in [0.05, 0.1) is 18.8 Å². The molecule has 0 saturated heterocycles. The Morgan fingerprint density at radius 3 is 1.86 bits per heavy atom. The molecule has 0 aliphatic heterocycles. The predicted molar refractivity (Wildman–Crippen MR) is 106 cm³/mol. The minimum Gasteiger partial charge on any atom is -0.455 e. The average molecular weight is 588 g/mol. The van der Waals surface area contributed by atoms with Gasteiger partial charge in [0.25, 0.3) is 5.60 Å². The summed E-state index contributed by atoms with van der Waals surface area (Å²) < 4.78 is 171. The summed E-state index contributed by atoms with van der Waals surface area (Å²) in [4.78, 5) is 12.1. The predicted octanol–water partition coefficient (Wildman–Crippen LogP) is 5.05. The molecule has 7 nitrogen and oxygen atoms in total. The number of unbranched alkanes of at least 4 members (excludes halogenated alkanes) is 2. The zero-order valence-corrected chi connectivity index (χ0v) is 20.3. The maximum Gasteiger partial charge on any atom is 0.431 e. The molecule has 0 spiro atoms. The van der Waals surface area contributed by atoms with Crippen molar-refractivity contribution in [2.45, 2.75) is 81.2 Å². The van der Waals surface area contributed by atoms with E-state index in [9.17, 15) is 62.2 Å². The zero-order chi connectivity index (χ0) is 29.7. The van der Waals surface area contributed by atoms with Crippen molar-refractivity contribution in [3.8, 4) is 0 Å². The highest BCUT2D eigenvalue weighted by Gasteiger charge is 2.76. The van der Waals surface area contributed by atoms with Crippen LogP contribution in [-0.2, 0) is 24.4 Å². The summed E-state index contributed by atoms with van der Waals surface area (Å²) in [6.45, 7) is 2.87. The van der Waals surface area contributed by atoms with Crippen LogP contribution in [0.25, 0.3) is 0 Å². The average Bonchev–Trinajstić information content (AvgIpc) is 2.71. The quantitative estimate of drug-likeness (QED) is 0.0906. The van der Waals surface area contributed by atoms with Gasteiger partial charge in [-0.15, -0.1) is 0 Å². The summed E-state index contributed by atoms with van der Waals surface area (Å²) in [5.74, 6) is -9.01. The molecule has 0 aromatic carbocycles. The Balaban J connectivity index is 5.59. The number of carbonyl (C=O) groups is 1. The van der Waals surface area contributed by atoms with E-state index in [1.165, 1.54) is 0 Å². The van der Waals surface area contributed by atoms with Crippen LogP contribution >= 0.6 is 0 Å². The fourth-order valence-corrected chi connectivity index (χ4v) is 3.43. The molecule has 220 valence electrons. The Kier molecular flexibility index (Phi) is 11.9. The number of rotatable bonds is 15. The third kappa shape index (κ3) is 8.41. The highest BCUT2D eigenvalue weighted by Crippen LogP contribution is 2.48. The molecule has 2 unspecified atom stereocenters. The van der Waals surface area contributed by atoms with Crippen LogP contribution < -0.4 is 0 Å². The van der Waals surface area contributed by atoms with Crippen LogP contribution in [0.5, 0.6) is 0 Å².